The molecular formula is C22H22N6O2. The molecule has 0 saturated heterocycles. The zero-order chi connectivity index (χ0) is 21.6. The molecule has 1 atom stereocenters. The summed E-state index contributed by atoms with van der Waals surface area (Å²) >= 11 is 0. The second-order valence-corrected chi connectivity index (χ2v) is 7.10. The SMILES string of the molecule is CC(=O)Nc1ccc(Nc2nccc(C3(C)C=CC(C(=O)NCC#N)=CC3)n2)cc1. The number of nitrogens with zero attached hydrogens (tertiary/aromatic N) is 3. The van der Waals surface area contributed by atoms with Crippen molar-refractivity contribution in [3.63, 3.8) is 0 Å². The number of benzene rings is 1. The highest BCUT2D eigenvalue weighted by atomic mass is 16.2. The molecular weight excluding hydrogens is 380 g/mol. The molecule has 1 aromatic carbocycles. The highest BCUT2D eigenvalue weighted by molar-refractivity contribution is 5.96. The molecule has 0 radical (unpaired) electrons. The van der Waals surface area contributed by atoms with E-state index in [-0.39, 0.29) is 23.8 Å². The van der Waals surface area contributed by atoms with Crippen LogP contribution in [-0.4, -0.2) is 28.3 Å². The molecule has 1 aromatic heterocycles. The molecule has 3 N–H and O–H groups in total. The van der Waals surface area contributed by atoms with Gasteiger partial charge in [-0.25, -0.2) is 9.97 Å². The van der Waals surface area contributed by atoms with Crippen molar-refractivity contribution in [1.29, 1.82) is 5.26 Å². The van der Waals surface area contributed by atoms with Crippen LogP contribution in [-0.2, 0) is 15.0 Å². The minimum absolute atomic E-state index is 0.0198. The van der Waals surface area contributed by atoms with Gasteiger partial charge in [-0.1, -0.05) is 25.2 Å². The lowest BCUT2D eigenvalue weighted by molar-refractivity contribution is -0.117. The molecule has 1 heterocycles. The number of aromatic nitrogens is 2. The maximum absolute atomic E-state index is 12.0. The Labute approximate surface area is 174 Å². The molecule has 0 saturated carbocycles. The molecule has 1 aliphatic rings. The van der Waals surface area contributed by atoms with Crippen LogP contribution in [0.25, 0.3) is 0 Å². The standard InChI is InChI=1S/C22H22N6O2/c1-15(29)26-17-3-5-18(6-4-17)27-21-25-13-9-19(28-21)22(2)10-7-16(8-11-22)20(30)24-14-12-23/h3-10,13H,11,14H2,1-2H3,(H,24,30)(H,26,29)(H,25,27,28). The van der Waals surface area contributed by atoms with Crippen LogP contribution in [0.5, 0.6) is 0 Å². The molecule has 2 amide bonds. The molecule has 152 valence electrons. The van der Waals surface area contributed by atoms with Gasteiger partial charge in [-0.2, -0.15) is 5.26 Å². The van der Waals surface area contributed by atoms with Gasteiger partial charge in [0, 0.05) is 35.5 Å². The van der Waals surface area contributed by atoms with Crippen molar-refractivity contribution in [2.45, 2.75) is 25.7 Å². The first-order chi connectivity index (χ1) is 14.4. The van der Waals surface area contributed by atoms with E-state index in [9.17, 15) is 9.59 Å². The van der Waals surface area contributed by atoms with E-state index >= 15 is 0 Å². The normalized spacial score (nSPS) is 17.4. The summed E-state index contributed by atoms with van der Waals surface area (Å²) in [6, 6.07) is 11.0. The minimum Gasteiger partial charge on any atom is -0.339 e. The summed E-state index contributed by atoms with van der Waals surface area (Å²) in [5.74, 6) is 0.0684. The number of amides is 2. The Kier molecular flexibility index (Phi) is 6.23. The molecule has 3 rings (SSSR count). The minimum atomic E-state index is -0.381. The van der Waals surface area contributed by atoms with Crippen molar-refractivity contribution >= 4 is 29.1 Å². The number of carbonyl (C=O) groups is 2. The molecule has 0 spiro atoms. The zero-order valence-corrected chi connectivity index (χ0v) is 16.8. The van der Waals surface area contributed by atoms with Crippen molar-refractivity contribution in [1.82, 2.24) is 15.3 Å². The lowest BCUT2D eigenvalue weighted by Gasteiger charge is -2.27. The van der Waals surface area contributed by atoms with Crippen LogP contribution in [0.15, 0.2) is 60.3 Å². The van der Waals surface area contributed by atoms with Gasteiger partial charge in [-0.05, 0) is 36.8 Å². The van der Waals surface area contributed by atoms with E-state index in [0.717, 1.165) is 11.4 Å². The van der Waals surface area contributed by atoms with Gasteiger partial charge in [0.2, 0.25) is 11.9 Å². The van der Waals surface area contributed by atoms with E-state index in [0.29, 0.717) is 23.6 Å². The Bertz CT molecular complexity index is 1050. The van der Waals surface area contributed by atoms with Gasteiger partial charge in [0.25, 0.3) is 5.91 Å². The smallest absolute Gasteiger partial charge is 0.251 e. The molecule has 0 bridgehead atoms. The van der Waals surface area contributed by atoms with Crippen LogP contribution in [0.4, 0.5) is 17.3 Å². The third-order valence-corrected chi connectivity index (χ3v) is 4.67. The fourth-order valence-electron chi connectivity index (χ4n) is 3.02. The van der Waals surface area contributed by atoms with Crippen molar-refractivity contribution < 1.29 is 9.59 Å². The highest BCUT2D eigenvalue weighted by Gasteiger charge is 2.28. The topological polar surface area (TPSA) is 120 Å². The number of nitrogens with one attached hydrogen (secondary N) is 3. The van der Waals surface area contributed by atoms with Gasteiger partial charge in [0.15, 0.2) is 0 Å². The second-order valence-electron chi connectivity index (χ2n) is 7.10. The van der Waals surface area contributed by atoms with Crippen molar-refractivity contribution in [3.8, 4) is 6.07 Å². The lowest BCUT2D eigenvalue weighted by Crippen LogP contribution is -2.28. The molecule has 1 unspecified atom stereocenters. The van der Waals surface area contributed by atoms with Gasteiger partial charge in [0.1, 0.15) is 6.54 Å². The molecule has 8 heteroatoms. The molecule has 0 aliphatic heterocycles. The number of rotatable bonds is 6. The predicted molar refractivity (Wildman–Crippen MR) is 114 cm³/mol. The Morgan fingerprint density at radius 2 is 1.93 bits per heavy atom. The van der Waals surface area contributed by atoms with E-state index in [1.54, 1.807) is 24.4 Å². The first-order valence-electron chi connectivity index (χ1n) is 9.42. The highest BCUT2D eigenvalue weighted by Crippen LogP contribution is 2.33. The van der Waals surface area contributed by atoms with Crippen molar-refractivity contribution in [2.24, 2.45) is 0 Å². The summed E-state index contributed by atoms with van der Waals surface area (Å²) in [7, 11) is 0. The van der Waals surface area contributed by atoms with Crippen molar-refractivity contribution in [3.05, 3.63) is 66.0 Å². The number of carbonyl (C=O) groups excluding carboxylic acids is 2. The number of hydrogen-bond acceptors (Lipinski definition) is 6. The van der Waals surface area contributed by atoms with Crippen molar-refractivity contribution in [2.75, 3.05) is 17.2 Å². The van der Waals surface area contributed by atoms with E-state index in [4.69, 9.17) is 5.26 Å². The monoisotopic (exact) mass is 402 g/mol. The van der Waals surface area contributed by atoms with Crippen LogP contribution in [0, 0.1) is 11.3 Å². The third-order valence-electron chi connectivity index (χ3n) is 4.67. The summed E-state index contributed by atoms with van der Waals surface area (Å²) < 4.78 is 0. The van der Waals surface area contributed by atoms with Crippen LogP contribution >= 0.6 is 0 Å². The maximum Gasteiger partial charge on any atom is 0.251 e. The first kappa shape index (κ1) is 20.7. The number of hydrogen-bond donors (Lipinski definition) is 3. The van der Waals surface area contributed by atoms with Gasteiger partial charge >= 0.3 is 0 Å². The molecule has 0 fully saturated rings. The lowest BCUT2D eigenvalue weighted by atomic mass is 9.79. The van der Waals surface area contributed by atoms with Crippen LogP contribution in [0.3, 0.4) is 0 Å². The van der Waals surface area contributed by atoms with E-state index in [2.05, 4.69) is 25.9 Å². The van der Waals surface area contributed by atoms with Gasteiger partial charge in [-0.3, -0.25) is 9.59 Å². The van der Waals surface area contributed by atoms with Gasteiger partial charge in [-0.15, -0.1) is 0 Å². The quantitative estimate of drug-likeness (QED) is 0.639. The Morgan fingerprint density at radius 3 is 2.57 bits per heavy atom. The van der Waals surface area contributed by atoms with E-state index in [1.807, 2.05) is 43.3 Å². The van der Waals surface area contributed by atoms with Crippen LogP contribution in [0.2, 0.25) is 0 Å². The summed E-state index contributed by atoms with van der Waals surface area (Å²) in [6.45, 7) is 3.48. The first-order valence-corrected chi connectivity index (χ1v) is 9.42. The molecule has 1 aliphatic carbocycles. The molecule has 30 heavy (non-hydrogen) atoms. The second kappa shape index (κ2) is 9.01. The Hall–Kier alpha value is -3.99. The van der Waals surface area contributed by atoms with Crippen LogP contribution < -0.4 is 16.0 Å². The van der Waals surface area contributed by atoms with E-state index in [1.165, 1.54) is 6.92 Å². The largest absolute Gasteiger partial charge is 0.339 e. The number of anilines is 3. The average molecular weight is 402 g/mol. The predicted octanol–water partition coefficient (Wildman–Crippen LogP) is 2.96. The summed E-state index contributed by atoms with van der Waals surface area (Å²) in [5.41, 5.74) is 2.48. The Morgan fingerprint density at radius 1 is 1.20 bits per heavy atom. The maximum atomic E-state index is 12.0. The van der Waals surface area contributed by atoms with E-state index < -0.39 is 0 Å². The van der Waals surface area contributed by atoms with Gasteiger partial charge in [0.05, 0.1) is 11.8 Å². The average Bonchev–Trinajstić information content (AvgIpc) is 2.74. The zero-order valence-electron chi connectivity index (χ0n) is 16.8. The third kappa shape index (κ3) is 5.08. The fourth-order valence-corrected chi connectivity index (χ4v) is 3.02. The molecule has 2 aromatic rings. The summed E-state index contributed by atoms with van der Waals surface area (Å²) in [6.07, 6.45) is 7.84. The summed E-state index contributed by atoms with van der Waals surface area (Å²) in [4.78, 5) is 32.0. The van der Waals surface area contributed by atoms with Crippen LogP contribution in [0.1, 0.15) is 26.0 Å². The molecule has 8 nitrogen and oxygen atoms in total. The Balaban J connectivity index is 1.70. The fraction of sp³-hybridized carbons (Fsp3) is 0.227. The van der Waals surface area contributed by atoms with Gasteiger partial charge < -0.3 is 16.0 Å². The number of allylic oxidation sites excluding steroid dienone is 2. The summed E-state index contributed by atoms with van der Waals surface area (Å²) in [5, 5.41) is 17.0. The number of nitriles is 1.